The number of hydrogen-bond acceptors (Lipinski definition) is 4. The molecule has 2 fully saturated rings. The van der Waals surface area contributed by atoms with Crippen LogP contribution in [0, 0.1) is 0 Å². The third-order valence-corrected chi connectivity index (χ3v) is 5.77. The second-order valence-corrected chi connectivity index (χ2v) is 7.56. The van der Waals surface area contributed by atoms with Crippen molar-refractivity contribution in [3.05, 3.63) is 0 Å². The van der Waals surface area contributed by atoms with Crippen molar-refractivity contribution in [3.63, 3.8) is 0 Å². The van der Waals surface area contributed by atoms with Gasteiger partial charge in [0.2, 0.25) is 5.91 Å². The van der Waals surface area contributed by atoms with Crippen molar-refractivity contribution in [1.82, 2.24) is 15.5 Å². The van der Waals surface area contributed by atoms with Crippen LogP contribution in [0.25, 0.3) is 0 Å². The Bertz CT molecular complexity index is 312. The zero-order valence-corrected chi connectivity index (χ0v) is 16.7. The van der Waals surface area contributed by atoms with Crippen molar-refractivity contribution in [3.8, 4) is 0 Å². The average Bonchev–Trinajstić information content (AvgIpc) is 2.53. The van der Waals surface area contributed by atoms with E-state index >= 15 is 0 Å². The van der Waals surface area contributed by atoms with Gasteiger partial charge in [0, 0.05) is 43.1 Å². The first-order chi connectivity index (χ1) is 10.3. The highest BCUT2D eigenvalue weighted by atomic mass is 35.5. The Kier molecular flexibility index (Phi) is 13.8. The Hall–Kier alpha value is 0.320. The van der Waals surface area contributed by atoms with Gasteiger partial charge in [-0.15, -0.1) is 24.8 Å². The van der Waals surface area contributed by atoms with Gasteiger partial charge in [-0.05, 0) is 32.9 Å². The second kappa shape index (κ2) is 13.6. The van der Waals surface area contributed by atoms with E-state index in [4.69, 9.17) is 0 Å². The maximum atomic E-state index is 11.9. The summed E-state index contributed by atoms with van der Waals surface area (Å²) < 4.78 is 0. The summed E-state index contributed by atoms with van der Waals surface area (Å²) in [7, 11) is 2.24. The standard InChI is InChI=1S/C16H31N3OS.2ClH/c1-19(15-6-3-2-4-7-15)10-5-8-18-16(20)12-14-13-21-11-9-17-14;;/h14-15,17H,2-13H2,1H3,(H,18,20);2*1H. The maximum absolute atomic E-state index is 11.9. The van der Waals surface area contributed by atoms with Crippen LogP contribution in [0.15, 0.2) is 0 Å². The van der Waals surface area contributed by atoms with E-state index < -0.39 is 0 Å². The number of rotatable bonds is 7. The number of carbonyl (C=O) groups is 1. The lowest BCUT2D eigenvalue weighted by Crippen LogP contribution is -2.41. The van der Waals surface area contributed by atoms with E-state index in [0.717, 1.165) is 37.8 Å². The Morgan fingerprint density at radius 1 is 1.26 bits per heavy atom. The molecule has 1 amide bonds. The predicted molar refractivity (Wildman–Crippen MR) is 105 cm³/mol. The lowest BCUT2D eigenvalue weighted by Gasteiger charge is -2.31. The third-order valence-electron chi connectivity index (χ3n) is 4.64. The van der Waals surface area contributed by atoms with Crippen molar-refractivity contribution in [2.45, 2.75) is 57.0 Å². The highest BCUT2D eigenvalue weighted by molar-refractivity contribution is 7.99. The molecule has 0 bridgehead atoms. The molecule has 1 saturated heterocycles. The molecule has 4 nitrogen and oxygen atoms in total. The Morgan fingerprint density at radius 2 is 2.00 bits per heavy atom. The fourth-order valence-electron chi connectivity index (χ4n) is 3.31. The summed E-state index contributed by atoms with van der Waals surface area (Å²) in [6.07, 6.45) is 8.59. The minimum absolute atomic E-state index is 0. The first-order valence-electron chi connectivity index (χ1n) is 8.54. The predicted octanol–water partition coefficient (Wildman–Crippen LogP) is 2.70. The molecule has 2 rings (SSSR count). The van der Waals surface area contributed by atoms with Gasteiger partial charge >= 0.3 is 0 Å². The van der Waals surface area contributed by atoms with Gasteiger partial charge in [0.05, 0.1) is 0 Å². The van der Waals surface area contributed by atoms with Crippen molar-refractivity contribution in [2.24, 2.45) is 0 Å². The molecule has 2 N–H and O–H groups in total. The molecule has 1 saturated carbocycles. The van der Waals surface area contributed by atoms with Crippen LogP contribution in [0.4, 0.5) is 0 Å². The van der Waals surface area contributed by atoms with E-state index in [1.165, 1.54) is 37.9 Å². The molecule has 7 heteroatoms. The lowest BCUT2D eigenvalue weighted by atomic mass is 9.94. The van der Waals surface area contributed by atoms with Crippen LogP contribution >= 0.6 is 36.6 Å². The zero-order valence-electron chi connectivity index (χ0n) is 14.2. The topological polar surface area (TPSA) is 44.4 Å². The molecule has 1 aliphatic heterocycles. The van der Waals surface area contributed by atoms with E-state index in [1.807, 2.05) is 11.8 Å². The number of hydrogen-bond donors (Lipinski definition) is 2. The smallest absolute Gasteiger partial charge is 0.221 e. The summed E-state index contributed by atoms with van der Waals surface area (Å²) in [4.78, 5) is 14.4. The molecule has 23 heavy (non-hydrogen) atoms. The van der Waals surface area contributed by atoms with Gasteiger partial charge in [0.15, 0.2) is 0 Å². The van der Waals surface area contributed by atoms with Crippen molar-refractivity contribution in [2.75, 3.05) is 38.2 Å². The lowest BCUT2D eigenvalue weighted by molar-refractivity contribution is -0.121. The second-order valence-electron chi connectivity index (χ2n) is 6.41. The number of carbonyl (C=O) groups excluding carboxylic acids is 1. The van der Waals surface area contributed by atoms with Gasteiger partial charge in [-0.25, -0.2) is 0 Å². The van der Waals surface area contributed by atoms with E-state index in [9.17, 15) is 4.79 Å². The number of nitrogens with zero attached hydrogens (tertiary/aromatic N) is 1. The van der Waals surface area contributed by atoms with Crippen molar-refractivity contribution in [1.29, 1.82) is 0 Å². The average molecular weight is 386 g/mol. The van der Waals surface area contributed by atoms with Gasteiger partial charge in [0.1, 0.15) is 0 Å². The Labute approximate surface area is 158 Å². The molecule has 1 aliphatic carbocycles. The van der Waals surface area contributed by atoms with Gasteiger partial charge in [-0.2, -0.15) is 11.8 Å². The molecule has 0 radical (unpaired) electrons. The van der Waals surface area contributed by atoms with Crippen molar-refractivity contribution < 1.29 is 4.79 Å². The van der Waals surface area contributed by atoms with E-state index in [1.54, 1.807) is 0 Å². The fourth-order valence-corrected chi connectivity index (χ4v) is 4.26. The number of thioether (sulfide) groups is 1. The van der Waals surface area contributed by atoms with Gasteiger partial charge in [0.25, 0.3) is 0 Å². The molecule has 0 aromatic carbocycles. The molecule has 2 aliphatic rings. The van der Waals surface area contributed by atoms with Crippen LogP contribution < -0.4 is 10.6 Å². The van der Waals surface area contributed by atoms with E-state index in [2.05, 4.69) is 22.6 Å². The zero-order chi connectivity index (χ0) is 14.9. The highest BCUT2D eigenvalue weighted by Gasteiger charge is 2.18. The Morgan fingerprint density at radius 3 is 2.65 bits per heavy atom. The van der Waals surface area contributed by atoms with Crippen LogP contribution in [0.2, 0.25) is 0 Å². The normalized spacial score (nSPS) is 22.1. The first-order valence-corrected chi connectivity index (χ1v) is 9.69. The highest BCUT2D eigenvalue weighted by Crippen LogP contribution is 2.21. The van der Waals surface area contributed by atoms with Crippen LogP contribution in [0.3, 0.4) is 0 Å². The summed E-state index contributed by atoms with van der Waals surface area (Å²) in [5, 5.41) is 6.49. The molecule has 0 aromatic heterocycles. The van der Waals surface area contributed by atoms with Gasteiger partial charge in [-0.1, -0.05) is 19.3 Å². The Balaban J connectivity index is 0.00000242. The molecule has 138 valence electrons. The van der Waals surface area contributed by atoms with Gasteiger partial charge in [-0.3, -0.25) is 4.79 Å². The summed E-state index contributed by atoms with van der Waals surface area (Å²) in [6.45, 7) is 2.95. The number of amides is 1. The van der Waals surface area contributed by atoms with Crippen LogP contribution in [-0.4, -0.2) is 61.1 Å². The fraction of sp³-hybridized carbons (Fsp3) is 0.938. The van der Waals surface area contributed by atoms with E-state index in [0.29, 0.717) is 12.5 Å². The van der Waals surface area contributed by atoms with Crippen LogP contribution in [-0.2, 0) is 4.79 Å². The quantitative estimate of drug-likeness (QED) is 0.661. The van der Waals surface area contributed by atoms with Crippen molar-refractivity contribution >= 4 is 42.5 Å². The summed E-state index contributed by atoms with van der Waals surface area (Å²) >= 11 is 1.94. The van der Waals surface area contributed by atoms with Gasteiger partial charge < -0.3 is 15.5 Å². The summed E-state index contributed by atoms with van der Waals surface area (Å²) in [6, 6.07) is 1.14. The van der Waals surface area contributed by atoms with Crippen LogP contribution in [0.1, 0.15) is 44.9 Å². The largest absolute Gasteiger partial charge is 0.356 e. The monoisotopic (exact) mass is 385 g/mol. The summed E-state index contributed by atoms with van der Waals surface area (Å²) in [5.41, 5.74) is 0. The van der Waals surface area contributed by atoms with E-state index in [-0.39, 0.29) is 30.7 Å². The maximum Gasteiger partial charge on any atom is 0.221 e. The molecule has 0 aromatic rings. The third kappa shape index (κ3) is 9.40. The molecule has 0 spiro atoms. The molecule has 1 heterocycles. The summed E-state index contributed by atoms with van der Waals surface area (Å²) in [5.74, 6) is 2.44. The number of nitrogens with one attached hydrogen (secondary N) is 2. The number of halogens is 2. The molecular weight excluding hydrogens is 353 g/mol. The SMILES string of the molecule is CN(CCCNC(=O)CC1CSCCN1)C1CCCCC1.Cl.Cl. The minimum atomic E-state index is 0. The molecule has 1 unspecified atom stereocenters. The molecular formula is C16H33Cl2N3OS. The molecule has 1 atom stereocenters. The first kappa shape index (κ1) is 23.3. The minimum Gasteiger partial charge on any atom is -0.356 e. The van der Waals surface area contributed by atoms with Crippen LogP contribution in [0.5, 0.6) is 0 Å².